The molecule has 1 aromatic carbocycles. The van der Waals surface area contributed by atoms with Crippen LogP contribution in [-0.4, -0.2) is 5.78 Å². The van der Waals surface area contributed by atoms with Crippen molar-refractivity contribution in [2.45, 2.75) is 19.8 Å². The second kappa shape index (κ2) is 5.67. The van der Waals surface area contributed by atoms with Gasteiger partial charge < -0.3 is 10.5 Å². The Labute approximate surface area is 131 Å². The molecule has 1 aliphatic rings. The molecule has 102 valence electrons. The average molecular weight is 380 g/mol. The third-order valence-corrected chi connectivity index (χ3v) is 3.84. The van der Waals surface area contributed by atoms with Gasteiger partial charge in [0.15, 0.2) is 5.78 Å². The van der Waals surface area contributed by atoms with Gasteiger partial charge in [0.1, 0.15) is 17.4 Å². The van der Waals surface area contributed by atoms with E-state index in [4.69, 9.17) is 10.5 Å². The van der Waals surface area contributed by atoms with Gasteiger partial charge in [-0.3, -0.25) is 4.79 Å². The van der Waals surface area contributed by atoms with Crippen LogP contribution < -0.4 is 5.73 Å². The fourth-order valence-electron chi connectivity index (χ4n) is 2.36. The third kappa shape index (κ3) is 2.56. The van der Waals surface area contributed by atoms with Crippen molar-refractivity contribution < 1.29 is 9.53 Å². The summed E-state index contributed by atoms with van der Waals surface area (Å²) in [6.45, 7) is 3.16. The summed E-state index contributed by atoms with van der Waals surface area (Å²) in [5.74, 6) is -0.0516. The molecule has 4 nitrogen and oxygen atoms in total. The second-order valence-corrected chi connectivity index (χ2v) is 5.75. The van der Waals surface area contributed by atoms with Gasteiger partial charge in [-0.25, -0.2) is 0 Å². The number of carbonyl (C=O) groups is 1. The van der Waals surface area contributed by atoms with E-state index < -0.39 is 5.92 Å². The highest BCUT2D eigenvalue weighted by atomic mass is 127. The van der Waals surface area contributed by atoms with Crippen molar-refractivity contribution in [2.75, 3.05) is 0 Å². The van der Waals surface area contributed by atoms with Crippen LogP contribution in [0.5, 0.6) is 0 Å². The first kappa shape index (κ1) is 14.6. The summed E-state index contributed by atoms with van der Waals surface area (Å²) in [6.07, 6.45) is 0. The van der Waals surface area contributed by atoms with Gasteiger partial charge in [-0.05, 0) is 54.1 Å². The van der Waals surface area contributed by atoms with Crippen molar-refractivity contribution in [3.8, 4) is 6.07 Å². The van der Waals surface area contributed by atoms with Crippen molar-refractivity contribution >= 4 is 28.4 Å². The van der Waals surface area contributed by atoms with Crippen LogP contribution in [0.4, 0.5) is 0 Å². The molecule has 0 saturated heterocycles. The monoisotopic (exact) mass is 380 g/mol. The van der Waals surface area contributed by atoms with E-state index in [9.17, 15) is 10.1 Å². The van der Waals surface area contributed by atoms with E-state index in [1.165, 1.54) is 6.92 Å². The van der Waals surface area contributed by atoms with Crippen molar-refractivity contribution in [2.24, 2.45) is 5.73 Å². The quantitative estimate of drug-likeness (QED) is 0.801. The summed E-state index contributed by atoms with van der Waals surface area (Å²) in [4.78, 5) is 11.9. The lowest BCUT2D eigenvalue weighted by molar-refractivity contribution is -0.114. The van der Waals surface area contributed by atoms with Crippen LogP contribution in [-0.2, 0) is 9.53 Å². The summed E-state index contributed by atoms with van der Waals surface area (Å²) in [5, 5.41) is 9.34. The molecule has 0 saturated carbocycles. The number of hydrogen-bond acceptors (Lipinski definition) is 4. The highest BCUT2D eigenvalue weighted by Crippen LogP contribution is 2.39. The highest BCUT2D eigenvalue weighted by Gasteiger charge is 2.33. The molecule has 0 spiro atoms. The van der Waals surface area contributed by atoms with Gasteiger partial charge in [0.05, 0.1) is 5.92 Å². The van der Waals surface area contributed by atoms with E-state index in [-0.39, 0.29) is 17.2 Å². The summed E-state index contributed by atoms with van der Waals surface area (Å²) in [6, 6.07) is 9.74. The first-order chi connectivity index (χ1) is 9.45. The Hall–Kier alpha value is -1.81. The van der Waals surface area contributed by atoms with Crippen LogP contribution in [0.15, 0.2) is 47.1 Å². The Kier molecular flexibility index (Phi) is 4.14. The smallest absolute Gasteiger partial charge is 0.205 e. The molecule has 0 aromatic heterocycles. The van der Waals surface area contributed by atoms with E-state index >= 15 is 0 Å². The second-order valence-electron chi connectivity index (χ2n) is 4.51. The SMILES string of the molecule is CC(=O)C1=C(C)OC(N)=C(C#N)[C@H]1c1cccc(I)c1. The number of ketones is 1. The fraction of sp³-hybridized carbons (Fsp3) is 0.200. The summed E-state index contributed by atoms with van der Waals surface area (Å²) in [5.41, 5.74) is 7.43. The van der Waals surface area contributed by atoms with Crippen LogP contribution in [0.3, 0.4) is 0 Å². The van der Waals surface area contributed by atoms with Gasteiger partial charge >= 0.3 is 0 Å². The van der Waals surface area contributed by atoms with Crippen molar-refractivity contribution in [3.05, 3.63) is 56.2 Å². The molecular weight excluding hydrogens is 367 g/mol. The maximum absolute atomic E-state index is 11.9. The van der Waals surface area contributed by atoms with E-state index in [0.717, 1.165) is 9.13 Å². The van der Waals surface area contributed by atoms with E-state index in [0.29, 0.717) is 11.3 Å². The molecule has 0 fully saturated rings. The lowest BCUT2D eigenvalue weighted by atomic mass is 9.81. The summed E-state index contributed by atoms with van der Waals surface area (Å²) < 4.78 is 6.37. The van der Waals surface area contributed by atoms with Crippen LogP contribution in [0.1, 0.15) is 25.3 Å². The van der Waals surface area contributed by atoms with E-state index in [1.54, 1.807) is 6.92 Å². The van der Waals surface area contributed by atoms with Crippen molar-refractivity contribution in [3.63, 3.8) is 0 Å². The average Bonchev–Trinajstić information content (AvgIpc) is 2.37. The standard InChI is InChI=1S/C15H13IN2O2/c1-8(19)13-9(2)20-15(18)12(7-17)14(13)10-4-3-5-11(16)6-10/h3-6,14H,18H2,1-2H3/t14-/m1/s1. The number of halogens is 1. The van der Waals surface area contributed by atoms with Gasteiger partial charge in [0.25, 0.3) is 0 Å². The largest absolute Gasteiger partial charge is 0.445 e. The van der Waals surface area contributed by atoms with E-state index in [2.05, 4.69) is 28.7 Å². The number of ether oxygens (including phenoxy) is 1. The van der Waals surface area contributed by atoms with Gasteiger partial charge in [-0.2, -0.15) is 5.26 Å². The zero-order valence-corrected chi connectivity index (χ0v) is 13.3. The number of hydrogen-bond donors (Lipinski definition) is 1. The fourth-order valence-corrected chi connectivity index (χ4v) is 2.92. The molecule has 0 radical (unpaired) electrons. The maximum atomic E-state index is 11.9. The van der Waals surface area contributed by atoms with Crippen molar-refractivity contribution in [1.82, 2.24) is 0 Å². The van der Waals surface area contributed by atoms with Gasteiger partial charge in [0.2, 0.25) is 5.88 Å². The molecule has 1 aromatic rings. The van der Waals surface area contributed by atoms with E-state index in [1.807, 2.05) is 24.3 Å². The molecule has 2 N–H and O–H groups in total. The lowest BCUT2D eigenvalue weighted by Crippen LogP contribution is -2.23. The Balaban J connectivity index is 2.67. The number of carbonyl (C=O) groups excluding carboxylic acids is 1. The lowest BCUT2D eigenvalue weighted by Gasteiger charge is -2.26. The first-order valence-electron chi connectivity index (χ1n) is 6.00. The van der Waals surface area contributed by atoms with Gasteiger partial charge in [-0.1, -0.05) is 12.1 Å². The number of Topliss-reactive ketones (excluding diaryl/α,β-unsaturated/α-hetero) is 1. The number of nitriles is 1. The zero-order valence-electron chi connectivity index (χ0n) is 11.1. The minimum Gasteiger partial charge on any atom is -0.445 e. The topological polar surface area (TPSA) is 76.1 Å². The zero-order chi connectivity index (χ0) is 14.9. The minimum absolute atomic E-state index is 0.0684. The predicted molar refractivity (Wildman–Crippen MR) is 83.2 cm³/mol. The first-order valence-corrected chi connectivity index (χ1v) is 7.08. The highest BCUT2D eigenvalue weighted by molar-refractivity contribution is 14.1. The Bertz CT molecular complexity index is 683. The molecule has 1 aliphatic heterocycles. The Morgan fingerprint density at radius 3 is 2.75 bits per heavy atom. The third-order valence-electron chi connectivity index (χ3n) is 3.17. The van der Waals surface area contributed by atoms with Crippen molar-refractivity contribution in [1.29, 1.82) is 5.26 Å². The molecule has 2 rings (SSSR count). The summed E-state index contributed by atoms with van der Waals surface area (Å²) in [7, 11) is 0. The molecule has 0 aliphatic carbocycles. The molecular formula is C15H13IN2O2. The predicted octanol–water partition coefficient (Wildman–Crippen LogP) is 2.96. The van der Waals surface area contributed by atoms with Crippen LogP contribution >= 0.6 is 22.6 Å². The Morgan fingerprint density at radius 1 is 1.50 bits per heavy atom. The number of allylic oxidation sites excluding steroid dienone is 3. The molecule has 1 atom stereocenters. The Morgan fingerprint density at radius 2 is 2.20 bits per heavy atom. The maximum Gasteiger partial charge on any atom is 0.205 e. The molecule has 0 unspecified atom stereocenters. The van der Waals surface area contributed by atoms with Crippen LogP contribution in [0, 0.1) is 14.9 Å². The molecule has 0 amide bonds. The number of nitrogens with zero attached hydrogens (tertiary/aromatic N) is 1. The van der Waals surface area contributed by atoms with Gasteiger partial charge in [-0.15, -0.1) is 0 Å². The molecule has 1 heterocycles. The molecule has 20 heavy (non-hydrogen) atoms. The minimum atomic E-state index is -0.457. The molecule has 5 heteroatoms. The van der Waals surface area contributed by atoms with Crippen LogP contribution in [0.25, 0.3) is 0 Å². The summed E-state index contributed by atoms with van der Waals surface area (Å²) >= 11 is 2.19. The van der Waals surface area contributed by atoms with Gasteiger partial charge in [0, 0.05) is 9.14 Å². The van der Waals surface area contributed by atoms with Crippen LogP contribution in [0.2, 0.25) is 0 Å². The normalized spacial score (nSPS) is 18.6. The molecule has 0 bridgehead atoms. The number of rotatable bonds is 2. The number of benzene rings is 1. The number of nitrogens with two attached hydrogens (primary N) is 1.